The molecule has 0 atom stereocenters. The molecule has 0 N–H and O–H groups in total. The van der Waals surface area contributed by atoms with Gasteiger partial charge in [0, 0.05) is 28.2 Å². The number of aromatic nitrogens is 1. The fourth-order valence-electron chi connectivity index (χ4n) is 2.34. The second-order valence-corrected chi connectivity index (χ2v) is 4.94. The van der Waals surface area contributed by atoms with Gasteiger partial charge in [-0.05, 0) is 35.9 Å². The summed E-state index contributed by atoms with van der Waals surface area (Å²) in [6, 6.07) is 9.00. The summed E-state index contributed by atoms with van der Waals surface area (Å²) in [5, 5.41) is 3.99. The smallest absolute Gasteiger partial charge is 0.166 e. The summed E-state index contributed by atoms with van der Waals surface area (Å²) in [7, 11) is 3.05. The maximum atomic E-state index is 14.2. The molecule has 2 aromatic carbocycles. The lowest BCUT2D eigenvalue weighted by Crippen LogP contribution is -1.94. The highest BCUT2D eigenvalue weighted by Gasteiger charge is 2.13. The molecule has 25 heavy (non-hydrogen) atoms. The van der Waals surface area contributed by atoms with Crippen molar-refractivity contribution in [3.8, 4) is 23.0 Å². The van der Waals surface area contributed by atoms with Gasteiger partial charge in [0.25, 0.3) is 0 Å². The second kappa shape index (κ2) is 6.94. The maximum absolute atomic E-state index is 14.2. The molecule has 0 saturated heterocycles. The number of pyridine rings is 1. The van der Waals surface area contributed by atoms with Crippen molar-refractivity contribution in [2.75, 3.05) is 14.2 Å². The third kappa shape index (κ3) is 3.24. The summed E-state index contributed by atoms with van der Waals surface area (Å²) in [4.78, 5) is 6.88. The van der Waals surface area contributed by atoms with Crippen molar-refractivity contribution in [1.82, 2.24) is 4.98 Å². The zero-order chi connectivity index (χ0) is 17.8. The van der Waals surface area contributed by atoms with Crippen molar-refractivity contribution in [1.29, 1.82) is 0 Å². The van der Waals surface area contributed by atoms with E-state index in [1.165, 1.54) is 26.4 Å². The molecule has 0 aliphatic heterocycles. The van der Waals surface area contributed by atoms with E-state index in [-0.39, 0.29) is 11.4 Å². The Kier molecular flexibility index (Phi) is 4.54. The Labute approximate surface area is 142 Å². The number of fused-ring (bicyclic) bond motifs is 1. The lowest BCUT2D eigenvalue weighted by atomic mass is 10.2. The first-order valence-corrected chi connectivity index (χ1v) is 7.19. The van der Waals surface area contributed by atoms with Crippen LogP contribution in [0.5, 0.6) is 23.0 Å². The molecular weight excluding hydrogens is 327 g/mol. The Morgan fingerprint density at radius 2 is 1.76 bits per heavy atom. The third-order valence-corrected chi connectivity index (χ3v) is 3.50. The molecule has 1 heterocycles. The maximum Gasteiger partial charge on any atom is 0.166 e. The van der Waals surface area contributed by atoms with E-state index in [4.69, 9.17) is 19.7 Å². The highest BCUT2D eigenvalue weighted by Crippen LogP contribution is 2.37. The van der Waals surface area contributed by atoms with Gasteiger partial charge in [-0.25, -0.2) is 4.39 Å². The fraction of sp³-hybridized carbons (Fsp3) is 0.118. The SMILES string of the molecule is COc1cc2nccc(Oc3ccc(N=[N+]=[N-])cc3F)c2cc1OC. The average Bonchev–Trinajstić information content (AvgIpc) is 2.63. The van der Waals surface area contributed by atoms with Gasteiger partial charge in [0.1, 0.15) is 5.75 Å². The van der Waals surface area contributed by atoms with Crippen molar-refractivity contribution in [3.05, 3.63) is 58.9 Å². The van der Waals surface area contributed by atoms with E-state index in [0.29, 0.717) is 28.2 Å². The zero-order valence-electron chi connectivity index (χ0n) is 13.4. The van der Waals surface area contributed by atoms with E-state index in [1.54, 1.807) is 24.4 Å². The molecule has 3 rings (SSSR count). The van der Waals surface area contributed by atoms with Gasteiger partial charge in [0.15, 0.2) is 23.1 Å². The van der Waals surface area contributed by atoms with Crippen molar-refractivity contribution >= 4 is 16.6 Å². The number of hydrogen-bond donors (Lipinski definition) is 0. The zero-order valence-corrected chi connectivity index (χ0v) is 13.4. The van der Waals surface area contributed by atoms with Crippen LogP contribution in [0, 0.1) is 5.82 Å². The van der Waals surface area contributed by atoms with Gasteiger partial charge in [0.2, 0.25) is 0 Å². The normalized spacial score (nSPS) is 10.2. The van der Waals surface area contributed by atoms with Crippen LogP contribution in [0.25, 0.3) is 21.3 Å². The van der Waals surface area contributed by atoms with Gasteiger partial charge < -0.3 is 14.2 Å². The van der Waals surface area contributed by atoms with Crippen molar-refractivity contribution in [2.24, 2.45) is 5.11 Å². The van der Waals surface area contributed by atoms with Crippen LogP contribution in [-0.2, 0) is 0 Å². The molecule has 0 unspecified atom stereocenters. The molecule has 7 nitrogen and oxygen atoms in total. The minimum atomic E-state index is -0.643. The van der Waals surface area contributed by atoms with Crippen LogP contribution in [0.15, 0.2) is 47.7 Å². The Hall–Kier alpha value is -3.51. The number of rotatable bonds is 5. The van der Waals surface area contributed by atoms with Crippen molar-refractivity contribution < 1.29 is 18.6 Å². The molecule has 3 aromatic rings. The lowest BCUT2D eigenvalue weighted by molar-refractivity contribution is 0.355. The molecule has 0 bridgehead atoms. The van der Waals surface area contributed by atoms with Crippen molar-refractivity contribution in [2.45, 2.75) is 0 Å². The molecule has 8 heteroatoms. The van der Waals surface area contributed by atoms with Crippen LogP contribution in [0.2, 0.25) is 0 Å². The summed E-state index contributed by atoms with van der Waals surface area (Å²) in [6.45, 7) is 0. The Morgan fingerprint density at radius 3 is 2.44 bits per heavy atom. The van der Waals surface area contributed by atoms with Gasteiger partial charge in [-0.3, -0.25) is 4.98 Å². The first-order valence-electron chi connectivity index (χ1n) is 7.19. The highest BCUT2D eigenvalue weighted by molar-refractivity contribution is 5.88. The minimum absolute atomic E-state index is 0.000764. The van der Waals surface area contributed by atoms with Gasteiger partial charge in [-0.15, -0.1) is 0 Å². The molecule has 0 fully saturated rings. The predicted molar refractivity (Wildman–Crippen MR) is 90.1 cm³/mol. The van der Waals surface area contributed by atoms with Crippen LogP contribution in [-0.4, -0.2) is 19.2 Å². The molecular formula is C17H13FN4O3. The quantitative estimate of drug-likeness (QED) is 0.366. The van der Waals surface area contributed by atoms with Gasteiger partial charge in [-0.2, -0.15) is 0 Å². The number of methoxy groups -OCH3 is 2. The van der Waals surface area contributed by atoms with E-state index in [9.17, 15) is 4.39 Å². The molecule has 1 aromatic heterocycles. The van der Waals surface area contributed by atoms with Crippen LogP contribution in [0.3, 0.4) is 0 Å². The Bertz CT molecular complexity index is 987. The summed E-state index contributed by atoms with van der Waals surface area (Å²) in [5.74, 6) is 0.799. The van der Waals surface area contributed by atoms with Crippen LogP contribution >= 0.6 is 0 Å². The molecule has 0 aliphatic carbocycles. The Balaban J connectivity index is 2.05. The number of hydrogen-bond acceptors (Lipinski definition) is 5. The molecule has 0 amide bonds. The molecule has 126 valence electrons. The summed E-state index contributed by atoms with van der Waals surface area (Å²) in [5.41, 5.74) is 9.18. The number of nitrogens with zero attached hydrogens (tertiary/aromatic N) is 4. The first kappa shape index (κ1) is 16.4. The average molecular weight is 340 g/mol. The van der Waals surface area contributed by atoms with Gasteiger partial charge >= 0.3 is 0 Å². The molecule has 0 radical (unpaired) electrons. The number of ether oxygens (including phenoxy) is 3. The Morgan fingerprint density at radius 1 is 1.00 bits per heavy atom. The fourth-order valence-corrected chi connectivity index (χ4v) is 2.34. The van der Waals surface area contributed by atoms with Crippen molar-refractivity contribution in [3.63, 3.8) is 0 Å². The van der Waals surface area contributed by atoms with E-state index in [0.717, 1.165) is 6.07 Å². The molecule has 0 saturated carbocycles. The summed E-state index contributed by atoms with van der Waals surface area (Å²) in [6.07, 6.45) is 1.55. The van der Waals surface area contributed by atoms with E-state index < -0.39 is 5.82 Å². The lowest BCUT2D eigenvalue weighted by Gasteiger charge is -2.12. The number of halogens is 1. The number of azide groups is 1. The largest absolute Gasteiger partial charge is 0.493 e. The molecule has 0 aliphatic rings. The standard InChI is InChI=1S/C17H13FN4O3/c1-23-16-8-11-13(9-17(16)24-2)20-6-5-14(11)25-15-4-3-10(21-22-19)7-12(15)18/h3-9H,1-2H3. The topological polar surface area (TPSA) is 89.3 Å². The van der Waals surface area contributed by atoms with Crippen LogP contribution in [0.4, 0.5) is 10.1 Å². The van der Waals surface area contributed by atoms with E-state index >= 15 is 0 Å². The second-order valence-electron chi connectivity index (χ2n) is 4.94. The molecule has 0 spiro atoms. The minimum Gasteiger partial charge on any atom is -0.493 e. The highest BCUT2D eigenvalue weighted by atomic mass is 19.1. The van der Waals surface area contributed by atoms with Crippen LogP contribution in [0.1, 0.15) is 0 Å². The third-order valence-electron chi connectivity index (χ3n) is 3.50. The van der Waals surface area contributed by atoms with E-state index in [1.807, 2.05) is 0 Å². The summed E-state index contributed by atoms with van der Waals surface area (Å²) >= 11 is 0. The van der Waals surface area contributed by atoms with Gasteiger partial charge in [-0.1, -0.05) is 5.11 Å². The predicted octanol–water partition coefficient (Wildman–Crippen LogP) is 5.13. The van der Waals surface area contributed by atoms with Gasteiger partial charge in [0.05, 0.1) is 19.7 Å². The summed E-state index contributed by atoms with van der Waals surface area (Å²) < 4.78 is 30.4. The van der Waals surface area contributed by atoms with Crippen LogP contribution < -0.4 is 14.2 Å². The monoisotopic (exact) mass is 340 g/mol. The first-order chi connectivity index (χ1) is 12.2. The number of benzene rings is 2. The van der Waals surface area contributed by atoms with E-state index in [2.05, 4.69) is 15.0 Å².